The number of aliphatic hydroxyl groups is 1. The van der Waals surface area contributed by atoms with E-state index in [1.807, 2.05) is 27.7 Å². The lowest BCUT2D eigenvalue weighted by Gasteiger charge is -2.51. The Balaban J connectivity index is 0.00000242. The standard InChI is InChI=1S/C28H36O9.H2O/c1-11-15-18-17(12(2)22(31)33-18)35-28-19(15)24(5,20(11)29)7-8-26(37-28)10-27(32)14-9-13(16(26)21(28)30)34-25(27,6)36-23(14,3)4;/h11-19,32H,7-10H2,1-6H3;1H2/t11-,12-,13-,14-,15+,16-,17+,18+,19-,24-,25+,26-,27+,28-;/m0./s1. The molecule has 9 rings (SSSR count). The number of carbonyl (C=O) groups is 3. The SMILES string of the molecule is C[C@@H]1C(=O)O[C@H]2[C@@H]1O[C@]13O[C@@]4(CC[C@]5(C)C(=O)[C@@H](C)[C@H]2[C@H]15)C[C@@]1(O)[C@H]2C[C@H](O[C@]1(C)OC2(C)C)[C@H]4C3=O.O. The number of hydrogen-bond donors (Lipinski definition) is 1. The van der Waals surface area contributed by atoms with Crippen molar-refractivity contribution in [1.82, 2.24) is 0 Å². The first-order valence-electron chi connectivity index (χ1n) is 13.9. The third kappa shape index (κ3) is 2.36. The van der Waals surface area contributed by atoms with Gasteiger partial charge in [0.25, 0.3) is 0 Å². The summed E-state index contributed by atoms with van der Waals surface area (Å²) in [6.07, 6.45) is -0.200. The second-order valence-electron chi connectivity index (χ2n) is 14.3. The minimum Gasteiger partial charge on any atom is -0.459 e. The lowest BCUT2D eigenvalue weighted by atomic mass is 9.61. The van der Waals surface area contributed by atoms with Crippen LogP contribution in [-0.4, -0.2) is 74.8 Å². The van der Waals surface area contributed by atoms with E-state index >= 15 is 0 Å². The van der Waals surface area contributed by atoms with Gasteiger partial charge in [0.15, 0.2) is 5.79 Å². The van der Waals surface area contributed by atoms with Gasteiger partial charge < -0.3 is 34.3 Å². The quantitative estimate of drug-likeness (QED) is 0.451. The van der Waals surface area contributed by atoms with Crippen LogP contribution in [0.4, 0.5) is 0 Å². The van der Waals surface area contributed by atoms with E-state index in [4.69, 9.17) is 23.7 Å². The Labute approximate surface area is 221 Å². The molecule has 0 amide bonds. The van der Waals surface area contributed by atoms with E-state index in [0.717, 1.165) is 0 Å². The van der Waals surface area contributed by atoms with Gasteiger partial charge in [-0.25, -0.2) is 0 Å². The molecule has 2 saturated carbocycles. The Hall–Kier alpha value is -1.43. The number of hydrogen-bond acceptors (Lipinski definition) is 9. The van der Waals surface area contributed by atoms with E-state index in [1.165, 1.54) is 0 Å². The summed E-state index contributed by atoms with van der Waals surface area (Å²) in [5, 5.41) is 12.3. The van der Waals surface area contributed by atoms with Crippen LogP contribution >= 0.6 is 0 Å². The highest BCUT2D eigenvalue weighted by molar-refractivity contribution is 5.97. The Kier molecular flexibility index (Phi) is 4.51. The normalized spacial score (nSPS) is 62.4. The van der Waals surface area contributed by atoms with Gasteiger partial charge in [-0.05, 0) is 47.0 Å². The summed E-state index contributed by atoms with van der Waals surface area (Å²) in [5.41, 5.74) is -3.94. The van der Waals surface area contributed by atoms with Crippen LogP contribution in [0.2, 0.25) is 0 Å². The predicted molar refractivity (Wildman–Crippen MR) is 127 cm³/mol. The molecule has 210 valence electrons. The molecule has 2 aliphatic carbocycles. The van der Waals surface area contributed by atoms with E-state index in [9.17, 15) is 19.5 Å². The molecule has 3 N–H and O–H groups in total. The molecule has 0 aromatic heterocycles. The molecule has 9 fully saturated rings. The van der Waals surface area contributed by atoms with E-state index in [1.54, 1.807) is 13.8 Å². The summed E-state index contributed by atoms with van der Waals surface area (Å²) in [6, 6.07) is 0. The maximum absolute atomic E-state index is 14.8. The van der Waals surface area contributed by atoms with Crippen molar-refractivity contribution in [2.75, 3.05) is 0 Å². The molecule has 0 radical (unpaired) electrons. The molecule has 14 atom stereocenters. The van der Waals surface area contributed by atoms with Crippen molar-refractivity contribution in [3.63, 3.8) is 0 Å². The third-order valence-electron chi connectivity index (χ3n) is 12.2. The molecule has 6 bridgehead atoms. The Morgan fingerprint density at radius 3 is 2.29 bits per heavy atom. The number of esters is 1. The van der Waals surface area contributed by atoms with Crippen LogP contribution < -0.4 is 0 Å². The van der Waals surface area contributed by atoms with E-state index < -0.39 is 75.8 Å². The van der Waals surface area contributed by atoms with Crippen LogP contribution in [0.15, 0.2) is 0 Å². The summed E-state index contributed by atoms with van der Waals surface area (Å²) in [5.74, 6) is -6.27. The Bertz CT molecular complexity index is 1180. The van der Waals surface area contributed by atoms with Gasteiger partial charge in [-0.3, -0.25) is 14.4 Å². The fourth-order valence-electron chi connectivity index (χ4n) is 10.7. The molecule has 9 aliphatic rings. The molecule has 7 saturated heterocycles. The first-order chi connectivity index (χ1) is 17.1. The van der Waals surface area contributed by atoms with Crippen LogP contribution in [0.5, 0.6) is 0 Å². The zero-order chi connectivity index (χ0) is 26.3. The molecule has 7 aliphatic heterocycles. The maximum atomic E-state index is 14.8. The number of ketones is 2. The molecule has 0 aromatic carbocycles. The molecular weight excluding hydrogens is 496 g/mol. The van der Waals surface area contributed by atoms with E-state index in [0.29, 0.717) is 19.3 Å². The highest BCUT2D eigenvalue weighted by Crippen LogP contribution is 2.73. The third-order valence-corrected chi connectivity index (χ3v) is 12.2. The number of rotatable bonds is 0. The minimum atomic E-state index is -1.68. The number of Topliss-reactive ketones (excluding diaryl/α,β-unsaturated/α-hetero) is 2. The van der Waals surface area contributed by atoms with Crippen molar-refractivity contribution >= 4 is 17.5 Å². The number of ether oxygens (including phenoxy) is 5. The summed E-state index contributed by atoms with van der Waals surface area (Å²) in [4.78, 5) is 41.4. The van der Waals surface area contributed by atoms with Crippen molar-refractivity contribution in [2.24, 2.45) is 40.9 Å². The van der Waals surface area contributed by atoms with E-state index in [-0.39, 0.29) is 41.3 Å². The number of fused-ring (bicyclic) bond motifs is 2. The first kappa shape index (κ1) is 25.5. The van der Waals surface area contributed by atoms with Crippen LogP contribution in [0.25, 0.3) is 0 Å². The van der Waals surface area contributed by atoms with Gasteiger partial charge in [0, 0.05) is 35.5 Å². The smallest absolute Gasteiger partial charge is 0.311 e. The average Bonchev–Trinajstić information content (AvgIpc) is 3.20. The first-order valence-corrected chi connectivity index (χ1v) is 13.9. The number of carbonyl (C=O) groups excluding carboxylic acids is 3. The zero-order valence-corrected chi connectivity index (χ0v) is 22.7. The molecule has 2 spiro atoms. The summed E-state index contributed by atoms with van der Waals surface area (Å²) in [7, 11) is 0. The van der Waals surface area contributed by atoms with Crippen molar-refractivity contribution in [1.29, 1.82) is 0 Å². The highest BCUT2D eigenvalue weighted by atomic mass is 16.8. The van der Waals surface area contributed by atoms with Gasteiger partial charge in [0.1, 0.15) is 23.6 Å². The fraction of sp³-hybridized carbons (Fsp3) is 0.893. The van der Waals surface area contributed by atoms with Gasteiger partial charge in [-0.1, -0.05) is 13.8 Å². The molecular formula is C28H38O10. The molecule has 0 aromatic rings. The molecule has 10 nitrogen and oxygen atoms in total. The summed E-state index contributed by atoms with van der Waals surface area (Å²) < 4.78 is 32.4. The van der Waals surface area contributed by atoms with Crippen LogP contribution in [-0.2, 0) is 38.1 Å². The van der Waals surface area contributed by atoms with Crippen LogP contribution in [0.1, 0.15) is 67.2 Å². The molecule has 10 heteroatoms. The van der Waals surface area contributed by atoms with E-state index in [2.05, 4.69) is 0 Å². The lowest BCUT2D eigenvalue weighted by molar-refractivity contribution is -0.338. The molecule has 7 heterocycles. The topological polar surface area (TPSA) is 149 Å². The van der Waals surface area contributed by atoms with Crippen molar-refractivity contribution in [2.45, 2.75) is 114 Å². The Morgan fingerprint density at radius 1 is 0.895 bits per heavy atom. The average molecular weight is 535 g/mol. The van der Waals surface area contributed by atoms with Crippen LogP contribution in [0.3, 0.4) is 0 Å². The van der Waals surface area contributed by atoms with Gasteiger partial charge >= 0.3 is 5.97 Å². The van der Waals surface area contributed by atoms with Gasteiger partial charge in [-0.15, -0.1) is 0 Å². The molecule has 38 heavy (non-hydrogen) atoms. The second kappa shape index (κ2) is 6.71. The van der Waals surface area contributed by atoms with Gasteiger partial charge in [0.05, 0.1) is 29.1 Å². The summed E-state index contributed by atoms with van der Waals surface area (Å²) >= 11 is 0. The zero-order valence-electron chi connectivity index (χ0n) is 22.7. The van der Waals surface area contributed by atoms with Crippen molar-refractivity contribution in [3.8, 4) is 0 Å². The van der Waals surface area contributed by atoms with Crippen molar-refractivity contribution < 1.29 is 48.7 Å². The summed E-state index contributed by atoms with van der Waals surface area (Å²) in [6.45, 7) is 11.3. The monoisotopic (exact) mass is 534 g/mol. The predicted octanol–water partition coefficient (Wildman–Crippen LogP) is 1.09. The minimum absolute atomic E-state index is 0. The Morgan fingerprint density at radius 2 is 1.61 bits per heavy atom. The van der Waals surface area contributed by atoms with Crippen molar-refractivity contribution in [3.05, 3.63) is 0 Å². The maximum Gasteiger partial charge on any atom is 0.311 e. The molecule has 0 unspecified atom stereocenters. The van der Waals surface area contributed by atoms with Crippen LogP contribution in [0, 0.1) is 40.9 Å². The lowest BCUT2D eigenvalue weighted by Crippen LogP contribution is -2.65. The fourth-order valence-corrected chi connectivity index (χ4v) is 10.7. The second-order valence-corrected chi connectivity index (χ2v) is 14.3. The van der Waals surface area contributed by atoms with Gasteiger partial charge in [0.2, 0.25) is 11.6 Å². The van der Waals surface area contributed by atoms with Gasteiger partial charge in [-0.2, -0.15) is 0 Å². The highest BCUT2D eigenvalue weighted by Gasteiger charge is 2.85. The largest absolute Gasteiger partial charge is 0.459 e.